The molecule has 5 rings (SSSR count). The highest BCUT2D eigenvalue weighted by Crippen LogP contribution is 2.33. The second-order valence-corrected chi connectivity index (χ2v) is 8.49. The number of amides is 1. The van der Waals surface area contributed by atoms with Crippen molar-refractivity contribution in [1.29, 1.82) is 0 Å². The normalized spacial score (nSPS) is 17.2. The lowest BCUT2D eigenvalue weighted by Gasteiger charge is -2.41. The number of piperazine rings is 1. The van der Waals surface area contributed by atoms with E-state index in [1.165, 1.54) is 5.69 Å². The molecule has 2 aliphatic rings. The van der Waals surface area contributed by atoms with Crippen LogP contribution in [-0.4, -0.2) is 57.2 Å². The molecule has 1 aromatic heterocycles. The highest BCUT2D eigenvalue weighted by molar-refractivity contribution is 6.00. The number of nitrogens with zero attached hydrogens (tertiary/aromatic N) is 5. The predicted octanol–water partition coefficient (Wildman–Crippen LogP) is 3.17. The van der Waals surface area contributed by atoms with Crippen molar-refractivity contribution in [1.82, 2.24) is 19.7 Å². The first-order valence-electron chi connectivity index (χ1n) is 11.3. The second-order valence-electron chi connectivity index (χ2n) is 8.49. The molecule has 2 aliphatic heterocycles. The van der Waals surface area contributed by atoms with Crippen LogP contribution in [0.15, 0.2) is 48.5 Å². The van der Waals surface area contributed by atoms with E-state index in [1.54, 1.807) is 0 Å². The van der Waals surface area contributed by atoms with E-state index in [-0.39, 0.29) is 17.6 Å². The molecule has 0 spiro atoms. The Hall–Kier alpha value is -3.90. The van der Waals surface area contributed by atoms with Crippen molar-refractivity contribution in [3.05, 3.63) is 65.7 Å². The fraction of sp³-hybridized carbons (Fsp3) is 0.320. The number of para-hydroxylation sites is 1. The van der Waals surface area contributed by atoms with Crippen molar-refractivity contribution in [2.24, 2.45) is 0 Å². The van der Waals surface area contributed by atoms with Crippen LogP contribution in [0.5, 0.6) is 0 Å². The van der Waals surface area contributed by atoms with Gasteiger partial charge in [-0.15, -0.1) is 10.2 Å². The first kappa shape index (κ1) is 21.0. The van der Waals surface area contributed by atoms with Gasteiger partial charge in [0, 0.05) is 43.3 Å². The first-order valence-corrected chi connectivity index (χ1v) is 11.3. The van der Waals surface area contributed by atoms with E-state index in [0.29, 0.717) is 23.6 Å². The number of hydrogen-bond acceptors (Lipinski definition) is 6. The maximum absolute atomic E-state index is 13.4. The summed E-state index contributed by atoms with van der Waals surface area (Å²) in [6.45, 7) is 6.36. The number of aromatic nitrogens is 3. The third kappa shape index (κ3) is 3.68. The summed E-state index contributed by atoms with van der Waals surface area (Å²) in [4.78, 5) is 29.2. The van der Waals surface area contributed by atoms with Crippen LogP contribution in [0.1, 0.15) is 42.3 Å². The standard InChI is InChI=1S/C25H26N6O2/c1-3-7-23-27-28-24-21(16-32)26-20-14-18(10-11-22(20)31(23)24)25(33)30-13-12-29(15-17(30)2)19-8-5-4-6-9-19/h4-6,8-11,14,17,26H,3,7,12-13,15H2,1-2H3. The molecule has 0 radical (unpaired) electrons. The van der Waals surface area contributed by atoms with Gasteiger partial charge in [-0.2, -0.15) is 0 Å². The van der Waals surface area contributed by atoms with Gasteiger partial charge in [-0.05, 0) is 43.7 Å². The van der Waals surface area contributed by atoms with E-state index in [9.17, 15) is 9.59 Å². The van der Waals surface area contributed by atoms with E-state index in [4.69, 9.17) is 0 Å². The van der Waals surface area contributed by atoms with Gasteiger partial charge in [-0.25, -0.2) is 4.79 Å². The van der Waals surface area contributed by atoms with Crippen molar-refractivity contribution in [3.63, 3.8) is 0 Å². The summed E-state index contributed by atoms with van der Waals surface area (Å²) in [7, 11) is 0. The Morgan fingerprint density at radius 1 is 1.15 bits per heavy atom. The fourth-order valence-electron chi connectivity index (χ4n) is 4.64. The monoisotopic (exact) mass is 442 g/mol. The van der Waals surface area contributed by atoms with Crippen molar-refractivity contribution in [2.75, 3.05) is 29.9 Å². The minimum absolute atomic E-state index is 0.0141. The smallest absolute Gasteiger partial charge is 0.254 e. The summed E-state index contributed by atoms with van der Waals surface area (Å²) in [5.41, 5.74) is 3.50. The van der Waals surface area contributed by atoms with E-state index < -0.39 is 0 Å². The minimum atomic E-state index is -0.0141. The Labute approximate surface area is 192 Å². The van der Waals surface area contributed by atoms with Gasteiger partial charge in [0.2, 0.25) is 0 Å². The largest absolute Gasteiger partial charge is 0.368 e. The zero-order valence-corrected chi connectivity index (χ0v) is 18.8. The number of anilines is 2. The Bertz CT molecular complexity index is 1250. The van der Waals surface area contributed by atoms with Crippen LogP contribution >= 0.6 is 0 Å². The van der Waals surface area contributed by atoms with Crippen molar-refractivity contribution in [3.8, 4) is 5.69 Å². The van der Waals surface area contributed by atoms with E-state index in [2.05, 4.69) is 46.4 Å². The molecule has 1 saturated heterocycles. The highest BCUT2D eigenvalue weighted by Gasteiger charge is 2.30. The SMILES string of the molecule is CCCc1nnc2n1-c1ccc(C(=O)N3CCN(c4ccccc4)CC3C)cc1NC2=C=O. The molecule has 1 unspecified atom stereocenters. The highest BCUT2D eigenvalue weighted by atomic mass is 16.2. The number of benzene rings is 2. The molecule has 1 fully saturated rings. The van der Waals surface area contributed by atoms with Gasteiger partial charge >= 0.3 is 0 Å². The van der Waals surface area contributed by atoms with Gasteiger partial charge in [0.1, 0.15) is 5.82 Å². The van der Waals surface area contributed by atoms with Crippen molar-refractivity contribution < 1.29 is 9.59 Å². The van der Waals surface area contributed by atoms with Gasteiger partial charge in [0.25, 0.3) is 5.91 Å². The van der Waals surface area contributed by atoms with Crippen molar-refractivity contribution in [2.45, 2.75) is 32.7 Å². The first-order chi connectivity index (χ1) is 16.1. The summed E-state index contributed by atoms with van der Waals surface area (Å²) in [5.74, 6) is 3.15. The van der Waals surface area contributed by atoms with Crippen LogP contribution in [0.3, 0.4) is 0 Å². The van der Waals surface area contributed by atoms with E-state index in [1.807, 2.05) is 51.8 Å². The lowest BCUT2D eigenvalue weighted by Crippen LogP contribution is -2.54. The molecule has 168 valence electrons. The Morgan fingerprint density at radius 2 is 1.97 bits per heavy atom. The van der Waals surface area contributed by atoms with Gasteiger partial charge in [0.05, 0.1) is 11.4 Å². The summed E-state index contributed by atoms with van der Waals surface area (Å²) in [6, 6.07) is 15.9. The van der Waals surface area contributed by atoms with Crippen LogP contribution in [0, 0.1) is 0 Å². The Morgan fingerprint density at radius 3 is 2.70 bits per heavy atom. The number of hydrogen-bond donors (Lipinski definition) is 1. The Balaban J connectivity index is 1.41. The number of rotatable bonds is 4. The third-order valence-corrected chi connectivity index (χ3v) is 6.28. The van der Waals surface area contributed by atoms with Crippen molar-refractivity contribution >= 4 is 28.9 Å². The quantitative estimate of drug-likeness (QED) is 0.625. The van der Waals surface area contributed by atoms with Crippen LogP contribution in [0.4, 0.5) is 11.4 Å². The summed E-state index contributed by atoms with van der Waals surface area (Å²) in [5, 5.41) is 11.5. The third-order valence-electron chi connectivity index (χ3n) is 6.28. The number of carbonyl (C=O) groups is 1. The maximum atomic E-state index is 13.4. The molecule has 1 atom stereocenters. The topological polar surface area (TPSA) is 83.4 Å². The van der Waals surface area contributed by atoms with Crippen LogP contribution in [0.25, 0.3) is 11.4 Å². The number of aryl methyl sites for hydroxylation is 1. The van der Waals surface area contributed by atoms with Gasteiger partial charge in [0.15, 0.2) is 17.5 Å². The number of carbonyl (C=O) groups excluding carboxylic acids is 2. The van der Waals surface area contributed by atoms with Crippen LogP contribution < -0.4 is 10.2 Å². The average Bonchev–Trinajstić information content (AvgIpc) is 3.27. The molecular weight excluding hydrogens is 416 g/mol. The lowest BCUT2D eigenvalue weighted by atomic mass is 10.1. The van der Waals surface area contributed by atoms with Crippen LogP contribution in [-0.2, 0) is 11.2 Å². The summed E-state index contributed by atoms with van der Waals surface area (Å²) >= 11 is 0. The molecule has 0 bridgehead atoms. The molecule has 0 saturated carbocycles. The molecule has 1 N–H and O–H groups in total. The molecule has 1 amide bonds. The summed E-state index contributed by atoms with van der Waals surface area (Å²) < 4.78 is 1.88. The summed E-state index contributed by atoms with van der Waals surface area (Å²) in [6.07, 6.45) is 1.65. The molecule has 2 aromatic carbocycles. The van der Waals surface area contributed by atoms with Gasteiger partial charge < -0.3 is 15.1 Å². The Kier molecular flexibility index (Phi) is 5.44. The molecule has 0 aliphatic carbocycles. The maximum Gasteiger partial charge on any atom is 0.254 e. The number of nitrogens with one attached hydrogen (secondary N) is 1. The van der Waals surface area contributed by atoms with Gasteiger partial charge in [-0.3, -0.25) is 9.36 Å². The predicted molar refractivity (Wildman–Crippen MR) is 127 cm³/mol. The fourth-order valence-corrected chi connectivity index (χ4v) is 4.64. The molecule has 3 heterocycles. The molecule has 8 heteroatoms. The number of fused-ring (bicyclic) bond motifs is 3. The van der Waals surface area contributed by atoms with E-state index >= 15 is 0 Å². The lowest BCUT2D eigenvalue weighted by molar-refractivity contribution is 0.0674. The van der Waals surface area contributed by atoms with Crippen LogP contribution in [0.2, 0.25) is 0 Å². The molecule has 33 heavy (non-hydrogen) atoms. The second kappa shape index (κ2) is 8.56. The molecule has 3 aromatic rings. The zero-order chi connectivity index (χ0) is 22.9. The average molecular weight is 443 g/mol. The zero-order valence-electron chi connectivity index (χ0n) is 18.8. The molecule has 8 nitrogen and oxygen atoms in total. The minimum Gasteiger partial charge on any atom is -0.368 e. The molecular formula is C25H26N6O2. The van der Waals surface area contributed by atoms with Gasteiger partial charge in [-0.1, -0.05) is 25.1 Å². The van der Waals surface area contributed by atoms with E-state index in [0.717, 1.165) is 37.4 Å².